The van der Waals surface area contributed by atoms with E-state index >= 15 is 0 Å². The van der Waals surface area contributed by atoms with Crippen LogP contribution >= 0.6 is 0 Å². The molecule has 5 nitrogen and oxygen atoms in total. The quantitative estimate of drug-likeness (QED) is 0.769. The summed E-state index contributed by atoms with van der Waals surface area (Å²) >= 11 is 0. The second-order valence-corrected chi connectivity index (χ2v) is 8.68. The average molecular weight is 366 g/mol. The summed E-state index contributed by atoms with van der Waals surface area (Å²) in [5.74, 6) is -0.925. The van der Waals surface area contributed by atoms with Crippen molar-refractivity contribution < 1.29 is 14.7 Å². The number of hydrogen-bond acceptors (Lipinski definition) is 4. The summed E-state index contributed by atoms with van der Waals surface area (Å²) in [4.78, 5) is 32.7. The summed E-state index contributed by atoms with van der Waals surface area (Å²) < 4.78 is 0. The fraction of sp³-hybridized carbons (Fsp3) is 0.455. The van der Waals surface area contributed by atoms with Gasteiger partial charge in [0.05, 0.1) is 23.1 Å². The molecule has 5 heteroatoms. The second-order valence-electron chi connectivity index (χ2n) is 8.68. The van der Waals surface area contributed by atoms with Gasteiger partial charge in [0.2, 0.25) is 0 Å². The maximum atomic E-state index is 12.6. The molecule has 0 fully saturated rings. The molecule has 27 heavy (non-hydrogen) atoms. The molecule has 1 aromatic carbocycles. The number of carbonyl (C=O) groups excluding carboxylic acids is 1. The third-order valence-electron chi connectivity index (χ3n) is 5.29. The van der Waals surface area contributed by atoms with Crippen LogP contribution in [0.5, 0.6) is 0 Å². The Kier molecular flexibility index (Phi) is 4.89. The van der Waals surface area contributed by atoms with Crippen molar-refractivity contribution in [3.05, 3.63) is 58.7 Å². The number of carbonyl (C=O) groups is 2. The lowest BCUT2D eigenvalue weighted by atomic mass is 9.83. The molecule has 0 saturated carbocycles. The first-order valence-electron chi connectivity index (χ1n) is 9.34. The van der Waals surface area contributed by atoms with Crippen LogP contribution in [0.1, 0.15) is 84.8 Å². The largest absolute Gasteiger partial charge is 0.478 e. The van der Waals surface area contributed by atoms with E-state index in [1.807, 2.05) is 0 Å². The van der Waals surface area contributed by atoms with Gasteiger partial charge in [0.15, 0.2) is 5.78 Å². The molecule has 1 aliphatic carbocycles. The third kappa shape index (κ3) is 3.92. The number of aromatic carboxylic acids is 1. The number of carboxylic acids is 1. The normalized spacial score (nSPS) is 16.7. The fourth-order valence-corrected chi connectivity index (χ4v) is 4.16. The number of carboxylic acid groups (broad SMARTS) is 1. The highest BCUT2D eigenvalue weighted by Crippen LogP contribution is 2.47. The summed E-state index contributed by atoms with van der Waals surface area (Å²) in [6.45, 7) is 8.66. The van der Waals surface area contributed by atoms with Crippen LogP contribution in [0.3, 0.4) is 0 Å². The monoisotopic (exact) mass is 366 g/mol. The van der Waals surface area contributed by atoms with Gasteiger partial charge >= 0.3 is 5.97 Å². The van der Waals surface area contributed by atoms with Gasteiger partial charge in [-0.05, 0) is 37.0 Å². The van der Waals surface area contributed by atoms with Gasteiger partial charge in [-0.2, -0.15) is 0 Å². The number of nitrogens with zero attached hydrogens (tertiary/aromatic N) is 2. The summed E-state index contributed by atoms with van der Waals surface area (Å²) in [5.41, 5.74) is 3.60. The Bertz CT molecular complexity index is 883. The average Bonchev–Trinajstić information content (AvgIpc) is 2.79. The number of Topliss-reactive ketones (excluding diaryl/α,β-unsaturated/α-hetero) is 1. The van der Waals surface area contributed by atoms with E-state index in [2.05, 4.69) is 37.7 Å². The third-order valence-corrected chi connectivity index (χ3v) is 5.29. The van der Waals surface area contributed by atoms with Gasteiger partial charge in [-0.1, -0.05) is 39.8 Å². The predicted molar refractivity (Wildman–Crippen MR) is 103 cm³/mol. The fourth-order valence-electron chi connectivity index (χ4n) is 4.16. The summed E-state index contributed by atoms with van der Waals surface area (Å²) in [6, 6.07) is 6.78. The van der Waals surface area contributed by atoms with E-state index < -0.39 is 5.97 Å². The topological polar surface area (TPSA) is 80.2 Å². The Labute approximate surface area is 159 Å². The number of hydrogen-bond donors (Lipinski definition) is 1. The minimum atomic E-state index is -0.932. The molecule has 1 aliphatic rings. The molecular weight excluding hydrogens is 340 g/mol. The standard InChI is InChI=1S/C22H26N2O3/c1-21(2)13-22(3,4)19-18(21)23-12-16(24-19)17(25)7-5-6-14-8-10-15(11-9-14)20(26)27/h8-12H,5-7,13H2,1-4H3,(H,26,27). The zero-order valence-corrected chi connectivity index (χ0v) is 16.4. The van der Waals surface area contributed by atoms with E-state index in [0.717, 1.165) is 29.8 Å². The van der Waals surface area contributed by atoms with Crippen molar-refractivity contribution in [2.24, 2.45) is 0 Å². The Morgan fingerprint density at radius 1 is 1.04 bits per heavy atom. The highest BCUT2D eigenvalue weighted by molar-refractivity contribution is 5.94. The van der Waals surface area contributed by atoms with E-state index in [9.17, 15) is 9.59 Å². The highest BCUT2D eigenvalue weighted by atomic mass is 16.4. The van der Waals surface area contributed by atoms with Crippen molar-refractivity contribution in [2.75, 3.05) is 0 Å². The first-order valence-corrected chi connectivity index (χ1v) is 9.34. The van der Waals surface area contributed by atoms with Gasteiger partial charge in [0, 0.05) is 17.3 Å². The number of aryl methyl sites for hydroxylation is 1. The van der Waals surface area contributed by atoms with Gasteiger partial charge in [-0.25, -0.2) is 9.78 Å². The molecule has 0 unspecified atom stereocenters. The molecule has 0 amide bonds. The van der Waals surface area contributed by atoms with E-state index in [1.54, 1.807) is 30.5 Å². The van der Waals surface area contributed by atoms with Crippen molar-refractivity contribution in [3.63, 3.8) is 0 Å². The zero-order chi connectivity index (χ0) is 19.8. The van der Waals surface area contributed by atoms with Gasteiger partial charge in [0.1, 0.15) is 5.69 Å². The zero-order valence-electron chi connectivity index (χ0n) is 16.4. The van der Waals surface area contributed by atoms with Crippen molar-refractivity contribution in [1.82, 2.24) is 9.97 Å². The molecule has 0 aliphatic heterocycles. The molecule has 0 spiro atoms. The van der Waals surface area contributed by atoms with Crippen LogP contribution in [0, 0.1) is 0 Å². The first-order chi connectivity index (χ1) is 12.6. The molecule has 1 N–H and O–H groups in total. The lowest BCUT2D eigenvalue weighted by molar-refractivity contribution is 0.0696. The molecular formula is C22H26N2O3. The summed E-state index contributed by atoms with van der Waals surface area (Å²) in [5, 5.41) is 8.93. The molecule has 0 bridgehead atoms. The molecule has 142 valence electrons. The number of fused-ring (bicyclic) bond motifs is 1. The van der Waals surface area contributed by atoms with Crippen LogP contribution in [0.4, 0.5) is 0 Å². The number of rotatable bonds is 6. The number of aromatic nitrogens is 2. The Hall–Kier alpha value is -2.56. The summed E-state index contributed by atoms with van der Waals surface area (Å²) in [7, 11) is 0. The first kappa shape index (κ1) is 19.2. The Morgan fingerprint density at radius 2 is 1.67 bits per heavy atom. The second kappa shape index (κ2) is 6.87. The Balaban J connectivity index is 1.65. The van der Waals surface area contributed by atoms with Crippen molar-refractivity contribution in [1.29, 1.82) is 0 Å². The lowest BCUT2D eigenvalue weighted by Crippen LogP contribution is -2.18. The minimum absolute atomic E-state index is 0.00737. The summed E-state index contributed by atoms with van der Waals surface area (Å²) in [6.07, 6.45) is 4.41. The molecule has 0 saturated heterocycles. The lowest BCUT2D eigenvalue weighted by Gasteiger charge is -2.21. The van der Waals surface area contributed by atoms with Gasteiger partial charge < -0.3 is 5.11 Å². The van der Waals surface area contributed by atoms with Crippen molar-refractivity contribution in [2.45, 2.75) is 64.2 Å². The van der Waals surface area contributed by atoms with Crippen LogP contribution in [0.25, 0.3) is 0 Å². The van der Waals surface area contributed by atoms with E-state index in [4.69, 9.17) is 5.11 Å². The smallest absolute Gasteiger partial charge is 0.335 e. The number of benzene rings is 1. The highest BCUT2D eigenvalue weighted by Gasteiger charge is 2.44. The molecule has 3 rings (SSSR count). The predicted octanol–water partition coefficient (Wildman–Crippen LogP) is 4.34. The van der Waals surface area contributed by atoms with Gasteiger partial charge in [-0.15, -0.1) is 0 Å². The maximum absolute atomic E-state index is 12.6. The van der Waals surface area contributed by atoms with E-state index in [-0.39, 0.29) is 22.2 Å². The molecule has 1 heterocycles. The number of ketones is 1. The minimum Gasteiger partial charge on any atom is -0.478 e. The van der Waals surface area contributed by atoms with Crippen LogP contribution in [-0.4, -0.2) is 26.8 Å². The maximum Gasteiger partial charge on any atom is 0.335 e. The van der Waals surface area contributed by atoms with Gasteiger partial charge in [-0.3, -0.25) is 9.78 Å². The van der Waals surface area contributed by atoms with Gasteiger partial charge in [0.25, 0.3) is 0 Å². The van der Waals surface area contributed by atoms with Crippen LogP contribution in [-0.2, 0) is 17.3 Å². The van der Waals surface area contributed by atoms with Crippen molar-refractivity contribution >= 4 is 11.8 Å². The van der Waals surface area contributed by atoms with Crippen LogP contribution in [0.15, 0.2) is 30.5 Å². The van der Waals surface area contributed by atoms with Crippen molar-refractivity contribution in [3.8, 4) is 0 Å². The van der Waals surface area contributed by atoms with E-state index in [0.29, 0.717) is 18.5 Å². The van der Waals surface area contributed by atoms with Crippen LogP contribution < -0.4 is 0 Å². The molecule has 0 atom stereocenters. The van der Waals surface area contributed by atoms with E-state index in [1.165, 1.54) is 0 Å². The Morgan fingerprint density at radius 3 is 2.30 bits per heavy atom. The van der Waals surface area contributed by atoms with Crippen LogP contribution in [0.2, 0.25) is 0 Å². The SMILES string of the molecule is CC1(C)CC(C)(C)c2nc(C(=O)CCCc3ccc(C(=O)O)cc3)cnc21. The molecule has 1 aromatic heterocycles. The molecule has 0 radical (unpaired) electrons. The molecule has 2 aromatic rings.